The number of fused-ring (bicyclic) bond motifs is 1. The third-order valence-electron chi connectivity index (χ3n) is 3.91. The van der Waals surface area contributed by atoms with Crippen LogP contribution < -0.4 is 11.1 Å². The van der Waals surface area contributed by atoms with E-state index in [1.54, 1.807) is 30.5 Å². The van der Waals surface area contributed by atoms with Crippen molar-refractivity contribution in [3.63, 3.8) is 0 Å². The van der Waals surface area contributed by atoms with Crippen molar-refractivity contribution in [1.29, 1.82) is 5.26 Å². The maximum absolute atomic E-state index is 13.4. The van der Waals surface area contributed by atoms with Gasteiger partial charge in [-0.25, -0.2) is 9.37 Å². The monoisotopic (exact) mass is 379 g/mol. The molecule has 3 heterocycles. The number of benzene rings is 1. The normalized spacial score (nSPS) is 10.7. The van der Waals surface area contributed by atoms with Gasteiger partial charge in [-0.3, -0.25) is 4.98 Å². The highest BCUT2D eigenvalue weighted by Crippen LogP contribution is 2.39. The molecule has 0 radical (unpaired) electrons. The number of nitrogens with one attached hydrogen (secondary N) is 1. The Morgan fingerprint density at radius 1 is 1.22 bits per heavy atom. The number of hydrogen-bond donors (Lipinski definition) is 2. The smallest absolute Gasteiger partial charge is 0.215 e. The minimum absolute atomic E-state index is 0.0278. The molecule has 0 spiro atoms. The second-order valence-corrected chi connectivity index (χ2v) is 6.06. The van der Waals surface area contributed by atoms with Crippen LogP contribution in [0.1, 0.15) is 5.69 Å². The Balaban J connectivity index is 1.91. The molecule has 0 aliphatic carbocycles. The zero-order valence-corrected chi connectivity index (χ0v) is 14.5. The van der Waals surface area contributed by atoms with Crippen molar-refractivity contribution in [3.05, 3.63) is 65.2 Å². The highest BCUT2D eigenvalue weighted by Gasteiger charge is 2.20. The van der Waals surface area contributed by atoms with Crippen molar-refractivity contribution in [3.8, 4) is 17.5 Å². The molecule has 0 amide bonds. The van der Waals surface area contributed by atoms with Gasteiger partial charge in [-0.1, -0.05) is 17.7 Å². The molecule has 27 heavy (non-hydrogen) atoms. The average Bonchev–Trinajstić information content (AvgIpc) is 3.00. The molecule has 6 nitrogen and oxygen atoms in total. The summed E-state index contributed by atoms with van der Waals surface area (Å²) in [6.07, 6.45) is 1.62. The summed E-state index contributed by atoms with van der Waals surface area (Å²) in [5.41, 5.74) is 8.52. The third kappa shape index (κ3) is 3.03. The van der Waals surface area contributed by atoms with E-state index in [0.29, 0.717) is 33.7 Å². The Bertz CT molecular complexity index is 1200. The Morgan fingerprint density at radius 3 is 2.78 bits per heavy atom. The van der Waals surface area contributed by atoms with Gasteiger partial charge in [0.1, 0.15) is 29.0 Å². The van der Waals surface area contributed by atoms with Gasteiger partial charge in [0.2, 0.25) is 5.88 Å². The van der Waals surface area contributed by atoms with Crippen LogP contribution in [0.4, 0.5) is 21.6 Å². The summed E-state index contributed by atoms with van der Waals surface area (Å²) in [6.45, 7) is 0. The molecule has 0 atom stereocenters. The second kappa shape index (κ2) is 6.59. The predicted octanol–water partition coefficient (Wildman–Crippen LogP) is 4.88. The Hall–Kier alpha value is -3.63. The van der Waals surface area contributed by atoms with Crippen LogP contribution in [0.2, 0.25) is 5.02 Å². The van der Waals surface area contributed by atoms with Crippen molar-refractivity contribution >= 4 is 39.8 Å². The maximum Gasteiger partial charge on any atom is 0.215 e. The van der Waals surface area contributed by atoms with E-state index in [-0.39, 0.29) is 16.6 Å². The van der Waals surface area contributed by atoms with Gasteiger partial charge in [-0.2, -0.15) is 5.26 Å². The zero-order chi connectivity index (χ0) is 19.0. The molecule has 0 saturated carbocycles. The zero-order valence-electron chi connectivity index (χ0n) is 13.7. The van der Waals surface area contributed by atoms with Gasteiger partial charge in [0.25, 0.3) is 0 Å². The first-order chi connectivity index (χ1) is 13.1. The number of nitriles is 1. The van der Waals surface area contributed by atoms with Crippen LogP contribution in [-0.2, 0) is 0 Å². The Labute approximate surface area is 158 Å². The molecule has 0 bridgehead atoms. The summed E-state index contributed by atoms with van der Waals surface area (Å²) < 4.78 is 19.1. The molecular formula is C19H11ClFN5O. The predicted molar refractivity (Wildman–Crippen MR) is 101 cm³/mol. The molecule has 0 unspecified atom stereocenters. The van der Waals surface area contributed by atoms with E-state index in [9.17, 15) is 9.65 Å². The van der Waals surface area contributed by atoms with Gasteiger partial charge in [0.05, 0.1) is 16.1 Å². The average molecular weight is 380 g/mol. The minimum atomic E-state index is -0.527. The number of halogens is 2. The summed E-state index contributed by atoms with van der Waals surface area (Å²) in [5.74, 6) is -0.430. The van der Waals surface area contributed by atoms with Crippen molar-refractivity contribution in [2.24, 2.45) is 0 Å². The number of rotatable bonds is 3. The van der Waals surface area contributed by atoms with Crippen LogP contribution in [0.15, 0.2) is 53.1 Å². The van der Waals surface area contributed by atoms with Crippen LogP contribution in [-0.4, -0.2) is 9.97 Å². The lowest BCUT2D eigenvalue weighted by molar-refractivity contribution is 0.628. The molecule has 3 N–H and O–H groups in total. The van der Waals surface area contributed by atoms with Crippen molar-refractivity contribution in [2.45, 2.75) is 0 Å². The largest absolute Gasteiger partial charge is 0.436 e. The minimum Gasteiger partial charge on any atom is -0.436 e. The Kier molecular flexibility index (Phi) is 4.11. The fourth-order valence-corrected chi connectivity index (χ4v) is 2.88. The third-order valence-corrected chi connectivity index (χ3v) is 4.20. The molecule has 0 aliphatic rings. The second-order valence-electron chi connectivity index (χ2n) is 5.65. The van der Waals surface area contributed by atoms with Crippen molar-refractivity contribution in [1.82, 2.24) is 9.97 Å². The lowest BCUT2D eigenvalue weighted by atomic mass is 10.1. The highest BCUT2D eigenvalue weighted by molar-refractivity contribution is 6.31. The van der Waals surface area contributed by atoms with Crippen molar-refractivity contribution < 1.29 is 8.81 Å². The van der Waals surface area contributed by atoms with Gasteiger partial charge in [0.15, 0.2) is 5.58 Å². The number of furan rings is 1. The highest BCUT2D eigenvalue weighted by atomic mass is 35.5. The number of anilines is 3. The summed E-state index contributed by atoms with van der Waals surface area (Å²) in [5, 5.41) is 12.9. The van der Waals surface area contributed by atoms with Crippen molar-refractivity contribution in [2.75, 3.05) is 11.1 Å². The molecule has 3 aromatic heterocycles. The van der Waals surface area contributed by atoms with Crippen LogP contribution >= 0.6 is 11.6 Å². The number of pyridine rings is 2. The first-order valence-corrected chi connectivity index (χ1v) is 8.21. The van der Waals surface area contributed by atoms with E-state index in [4.69, 9.17) is 21.8 Å². The number of nitrogen functional groups attached to an aromatic ring is 1. The summed E-state index contributed by atoms with van der Waals surface area (Å²) >= 11 is 5.83. The van der Waals surface area contributed by atoms with Crippen LogP contribution in [0.25, 0.3) is 22.4 Å². The molecule has 0 aliphatic heterocycles. The number of hydrogen-bond acceptors (Lipinski definition) is 6. The molecule has 4 aromatic rings. The van der Waals surface area contributed by atoms with E-state index in [1.165, 1.54) is 18.2 Å². The van der Waals surface area contributed by atoms with Gasteiger partial charge in [-0.15, -0.1) is 0 Å². The number of nitrogens with two attached hydrogens (primary N) is 1. The van der Waals surface area contributed by atoms with Gasteiger partial charge < -0.3 is 15.5 Å². The van der Waals surface area contributed by atoms with Gasteiger partial charge >= 0.3 is 0 Å². The van der Waals surface area contributed by atoms with Gasteiger partial charge in [0, 0.05) is 11.9 Å². The van der Waals surface area contributed by atoms with Crippen LogP contribution in [0, 0.1) is 17.1 Å². The van der Waals surface area contributed by atoms with Gasteiger partial charge in [-0.05, 0) is 36.4 Å². The fourth-order valence-electron chi connectivity index (χ4n) is 2.70. The molecule has 0 fully saturated rings. The first-order valence-electron chi connectivity index (χ1n) is 7.83. The lowest BCUT2D eigenvalue weighted by Gasteiger charge is -2.07. The maximum atomic E-state index is 13.4. The van der Waals surface area contributed by atoms with E-state index in [2.05, 4.69) is 15.3 Å². The summed E-state index contributed by atoms with van der Waals surface area (Å²) in [7, 11) is 0. The molecule has 1 aromatic carbocycles. The van der Waals surface area contributed by atoms with Crippen LogP contribution in [0.5, 0.6) is 0 Å². The van der Waals surface area contributed by atoms with Crippen LogP contribution in [0.3, 0.4) is 0 Å². The molecule has 0 saturated heterocycles. The van der Waals surface area contributed by atoms with E-state index < -0.39 is 5.82 Å². The molecule has 4 rings (SSSR count). The molecular weight excluding hydrogens is 369 g/mol. The molecule has 8 heteroatoms. The molecule has 132 valence electrons. The summed E-state index contributed by atoms with van der Waals surface area (Å²) in [6, 6.07) is 13.1. The standard InChI is InChI=1S/C19H11ClFN5O/c20-13-8-10(4-5-14(13)21)25-16-12-7-11(9-22)26-17(18(12)27-19(16)23)15-3-1-2-6-24-15/h1-8,25H,23H2. The van der Waals surface area contributed by atoms with E-state index in [0.717, 1.165) is 0 Å². The first kappa shape index (κ1) is 16.8. The number of aromatic nitrogens is 2. The quantitative estimate of drug-likeness (QED) is 0.526. The SMILES string of the molecule is N#Cc1cc2c(Nc3ccc(F)c(Cl)c3)c(N)oc2c(-c2ccccn2)n1. The fraction of sp³-hybridized carbons (Fsp3) is 0. The lowest BCUT2D eigenvalue weighted by Crippen LogP contribution is -1.95. The van der Waals surface area contributed by atoms with E-state index in [1.807, 2.05) is 6.07 Å². The van der Waals surface area contributed by atoms with E-state index >= 15 is 0 Å². The summed E-state index contributed by atoms with van der Waals surface area (Å²) in [4.78, 5) is 8.57. The topological polar surface area (TPSA) is 101 Å². The number of nitrogens with zero attached hydrogens (tertiary/aromatic N) is 3. The Morgan fingerprint density at radius 2 is 2.07 bits per heavy atom.